The third kappa shape index (κ3) is 2.82. The number of H-pyrrole nitrogens is 1. The fourth-order valence-electron chi connectivity index (χ4n) is 3.00. The van der Waals surface area contributed by atoms with Gasteiger partial charge in [-0.1, -0.05) is 6.07 Å². The maximum atomic E-state index is 13.8. The van der Waals surface area contributed by atoms with Crippen LogP contribution in [0.4, 0.5) is 14.7 Å². The van der Waals surface area contributed by atoms with Crippen molar-refractivity contribution in [2.45, 2.75) is 6.54 Å². The molecule has 0 spiro atoms. The van der Waals surface area contributed by atoms with Crippen LogP contribution < -0.4 is 5.32 Å². The molecule has 5 aromatic rings. The van der Waals surface area contributed by atoms with E-state index in [2.05, 4.69) is 30.5 Å². The fourth-order valence-corrected chi connectivity index (χ4v) is 3.00. The minimum atomic E-state index is -0.619. The van der Waals surface area contributed by atoms with Crippen molar-refractivity contribution >= 4 is 28.0 Å². The molecule has 0 saturated heterocycles. The number of benzene rings is 2. The van der Waals surface area contributed by atoms with Crippen LogP contribution in [0.15, 0.2) is 55.1 Å². The van der Waals surface area contributed by atoms with Crippen molar-refractivity contribution in [2.75, 3.05) is 5.32 Å². The predicted molar refractivity (Wildman–Crippen MR) is 100.0 cm³/mol. The highest BCUT2D eigenvalue weighted by Gasteiger charge is 2.10. The average Bonchev–Trinajstić information content (AvgIpc) is 3.33. The van der Waals surface area contributed by atoms with Gasteiger partial charge in [-0.15, -0.1) is 0 Å². The predicted octanol–water partition coefficient (Wildman–Crippen LogP) is 3.58. The molecule has 28 heavy (non-hydrogen) atoms. The molecule has 0 fully saturated rings. The Hall–Kier alpha value is -3.88. The van der Waals surface area contributed by atoms with Gasteiger partial charge in [-0.2, -0.15) is 10.1 Å². The molecule has 2 aromatic carbocycles. The molecule has 7 nitrogen and oxygen atoms in total. The van der Waals surface area contributed by atoms with Gasteiger partial charge in [0.25, 0.3) is 0 Å². The number of aromatic amines is 1. The van der Waals surface area contributed by atoms with Crippen LogP contribution in [0.25, 0.3) is 27.8 Å². The number of hydrogen-bond donors (Lipinski definition) is 2. The van der Waals surface area contributed by atoms with Gasteiger partial charge in [0.1, 0.15) is 23.5 Å². The zero-order valence-corrected chi connectivity index (χ0v) is 14.4. The Labute approximate surface area is 157 Å². The van der Waals surface area contributed by atoms with Gasteiger partial charge in [0.2, 0.25) is 5.95 Å². The number of aromatic nitrogens is 6. The number of rotatable bonds is 4. The van der Waals surface area contributed by atoms with Crippen LogP contribution in [0.3, 0.4) is 0 Å². The SMILES string of the molecule is Fc1ccc(CNc2ncc3ncn(-c4ccc5cn[nH]c5c4)c3n2)c(F)c1. The highest BCUT2D eigenvalue weighted by Crippen LogP contribution is 2.21. The van der Waals surface area contributed by atoms with E-state index in [0.29, 0.717) is 22.7 Å². The van der Waals surface area contributed by atoms with Gasteiger partial charge in [0.15, 0.2) is 5.65 Å². The normalized spacial score (nSPS) is 11.4. The van der Waals surface area contributed by atoms with Crippen LogP contribution in [0, 0.1) is 11.6 Å². The van der Waals surface area contributed by atoms with E-state index in [1.54, 1.807) is 18.7 Å². The quantitative estimate of drug-likeness (QED) is 0.500. The number of nitrogens with one attached hydrogen (secondary N) is 2. The maximum absolute atomic E-state index is 13.8. The highest BCUT2D eigenvalue weighted by molar-refractivity contribution is 5.81. The van der Waals surface area contributed by atoms with Gasteiger partial charge in [0, 0.05) is 23.6 Å². The summed E-state index contributed by atoms with van der Waals surface area (Å²) in [5.74, 6) is -0.913. The smallest absolute Gasteiger partial charge is 0.225 e. The number of nitrogens with zero attached hydrogens (tertiary/aromatic N) is 5. The summed E-state index contributed by atoms with van der Waals surface area (Å²) < 4.78 is 28.7. The third-order valence-corrected chi connectivity index (χ3v) is 4.45. The molecule has 0 aliphatic rings. The van der Waals surface area contributed by atoms with Gasteiger partial charge in [-0.3, -0.25) is 9.67 Å². The zero-order valence-electron chi connectivity index (χ0n) is 14.4. The molecule has 3 heterocycles. The van der Waals surface area contributed by atoms with E-state index in [1.165, 1.54) is 12.1 Å². The molecule has 0 unspecified atom stereocenters. The number of anilines is 1. The minimum Gasteiger partial charge on any atom is -0.350 e. The summed E-state index contributed by atoms with van der Waals surface area (Å²) in [6, 6.07) is 9.30. The molecular formula is C19H13F2N7. The summed E-state index contributed by atoms with van der Waals surface area (Å²) in [5.41, 5.74) is 3.33. The minimum absolute atomic E-state index is 0.131. The van der Waals surface area contributed by atoms with E-state index < -0.39 is 11.6 Å². The average molecular weight is 377 g/mol. The Morgan fingerprint density at radius 3 is 2.86 bits per heavy atom. The summed E-state index contributed by atoms with van der Waals surface area (Å²) in [6.45, 7) is 0.131. The van der Waals surface area contributed by atoms with E-state index >= 15 is 0 Å². The lowest BCUT2D eigenvalue weighted by atomic mass is 10.2. The van der Waals surface area contributed by atoms with Crippen LogP contribution in [-0.2, 0) is 6.54 Å². The second-order valence-electron chi connectivity index (χ2n) is 6.25. The summed E-state index contributed by atoms with van der Waals surface area (Å²) in [4.78, 5) is 13.0. The molecule has 138 valence electrons. The van der Waals surface area contributed by atoms with Crippen LogP contribution >= 0.6 is 0 Å². The third-order valence-electron chi connectivity index (χ3n) is 4.45. The topological polar surface area (TPSA) is 84.3 Å². The van der Waals surface area contributed by atoms with Gasteiger partial charge in [-0.05, 0) is 24.3 Å². The molecule has 9 heteroatoms. The Morgan fingerprint density at radius 2 is 1.96 bits per heavy atom. The van der Waals surface area contributed by atoms with Gasteiger partial charge < -0.3 is 5.32 Å². The molecule has 0 aliphatic carbocycles. The Kier molecular flexibility index (Phi) is 3.71. The summed E-state index contributed by atoms with van der Waals surface area (Å²) in [7, 11) is 0. The van der Waals surface area contributed by atoms with Crippen LogP contribution in [0.1, 0.15) is 5.56 Å². The van der Waals surface area contributed by atoms with Gasteiger partial charge >= 0.3 is 0 Å². The number of hydrogen-bond acceptors (Lipinski definition) is 5. The molecule has 0 bridgehead atoms. The molecule has 0 amide bonds. The van der Waals surface area contributed by atoms with Crippen LogP contribution in [0.2, 0.25) is 0 Å². The number of halogens is 2. The van der Waals surface area contributed by atoms with Gasteiger partial charge in [-0.25, -0.2) is 18.7 Å². The molecule has 0 saturated carbocycles. The molecule has 0 radical (unpaired) electrons. The first-order valence-electron chi connectivity index (χ1n) is 8.49. The summed E-state index contributed by atoms with van der Waals surface area (Å²) in [6.07, 6.45) is 5.02. The van der Waals surface area contributed by atoms with Crippen molar-refractivity contribution in [3.63, 3.8) is 0 Å². The van der Waals surface area contributed by atoms with Crippen molar-refractivity contribution in [1.82, 2.24) is 29.7 Å². The van der Waals surface area contributed by atoms with Crippen LogP contribution in [0.5, 0.6) is 0 Å². The number of imidazole rings is 1. The first-order valence-corrected chi connectivity index (χ1v) is 8.49. The van der Waals surface area contributed by atoms with Crippen molar-refractivity contribution in [3.8, 4) is 5.69 Å². The summed E-state index contributed by atoms with van der Waals surface area (Å²) >= 11 is 0. The molecule has 2 N–H and O–H groups in total. The second kappa shape index (κ2) is 6.38. The van der Waals surface area contributed by atoms with E-state index in [-0.39, 0.29) is 6.54 Å². The standard InChI is InChI=1S/C19H13F2N7/c20-13-3-1-11(15(21)5-13)7-22-19-23-9-17-18(26-19)28(10-24-17)14-4-2-12-8-25-27-16(12)6-14/h1-6,8-10H,7H2,(H,25,27)(H,22,23,26). The maximum Gasteiger partial charge on any atom is 0.225 e. The summed E-state index contributed by atoms with van der Waals surface area (Å²) in [5, 5.41) is 10.9. The zero-order chi connectivity index (χ0) is 19.1. The van der Waals surface area contributed by atoms with Crippen molar-refractivity contribution in [3.05, 3.63) is 72.3 Å². The number of fused-ring (bicyclic) bond motifs is 2. The van der Waals surface area contributed by atoms with Crippen molar-refractivity contribution < 1.29 is 8.78 Å². The Balaban J connectivity index is 1.47. The second-order valence-corrected chi connectivity index (χ2v) is 6.25. The molecule has 0 atom stereocenters. The fraction of sp³-hybridized carbons (Fsp3) is 0.0526. The lowest BCUT2D eigenvalue weighted by Gasteiger charge is -2.07. The largest absolute Gasteiger partial charge is 0.350 e. The first-order chi connectivity index (χ1) is 13.7. The van der Waals surface area contributed by atoms with E-state index in [9.17, 15) is 8.78 Å². The van der Waals surface area contributed by atoms with Crippen molar-refractivity contribution in [2.24, 2.45) is 0 Å². The monoisotopic (exact) mass is 377 g/mol. The lowest BCUT2D eigenvalue weighted by molar-refractivity contribution is 0.574. The van der Waals surface area contributed by atoms with Gasteiger partial charge in [0.05, 0.1) is 23.6 Å². The molecular weight excluding hydrogens is 364 g/mol. The Morgan fingerprint density at radius 1 is 1.04 bits per heavy atom. The Bertz CT molecular complexity index is 1310. The van der Waals surface area contributed by atoms with Crippen molar-refractivity contribution in [1.29, 1.82) is 0 Å². The van der Waals surface area contributed by atoms with Crippen LogP contribution in [-0.4, -0.2) is 29.7 Å². The highest BCUT2D eigenvalue weighted by atomic mass is 19.1. The lowest BCUT2D eigenvalue weighted by Crippen LogP contribution is -2.06. The van der Waals surface area contributed by atoms with E-state index in [0.717, 1.165) is 22.7 Å². The molecule has 3 aromatic heterocycles. The van der Waals surface area contributed by atoms with E-state index in [4.69, 9.17) is 0 Å². The molecule has 0 aliphatic heterocycles. The van der Waals surface area contributed by atoms with E-state index in [1.807, 2.05) is 22.8 Å². The molecule has 5 rings (SSSR count). The first kappa shape index (κ1) is 16.3.